The zero-order valence-electron chi connectivity index (χ0n) is 72.8. The Hall–Kier alpha value is -8.69. The highest BCUT2D eigenvalue weighted by Gasteiger charge is 2.63. The number of hydrogen-bond donors (Lipinski definition) is 0. The van der Waals surface area contributed by atoms with Crippen molar-refractivity contribution >= 4 is 100 Å². The largest absolute Gasteiger partial charge is 0.454 e. The number of para-hydroxylation sites is 5. The van der Waals surface area contributed by atoms with Crippen LogP contribution in [0.1, 0.15) is 263 Å². The highest BCUT2D eigenvalue weighted by molar-refractivity contribution is 6.11. The molecule has 8 aromatic carbocycles. The fourth-order valence-electron chi connectivity index (χ4n) is 25.3. The molecule has 4 aromatic heterocycles. The van der Waals surface area contributed by atoms with Gasteiger partial charge < -0.3 is 37.8 Å². The van der Waals surface area contributed by atoms with E-state index < -0.39 is 0 Å². The molecule has 9 nitrogen and oxygen atoms in total. The molecule has 2 spiro atoms. The number of nitrogens with zero attached hydrogens (tertiary/aromatic N) is 6. The normalized spacial score (nSPS) is 23.5. The van der Waals surface area contributed by atoms with Crippen LogP contribution in [0.3, 0.4) is 0 Å². The van der Waals surface area contributed by atoms with Gasteiger partial charge in [0.05, 0.1) is 17.1 Å². The predicted molar refractivity (Wildman–Crippen MR) is 517 cm³/mol. The van der Waals surface area contributed by atoms with Gasteiger partial charge in [-0.1, -0.05) is 225 Å². The van der Waals surface area contributed by atoms with E-state index in [0.717, 1.165) is 88.0 Å². The van der Waals surface area contributed by atoms with Gasteiger partial charge in [0.2, 0.25) is 5.71 Å². The molecule has 0 N–H and O–H groups in total. The van der Waals surface area contributed by atoms with Crippen molar-refractivity contribution in [2.24, 2.45) is 45.3 Å². The molecule has 9 heteroatoms. The van der Waals surface area contributed by atoms with Gasteiger partial charge in [0.15, 0.2) is 16.7 Å². The summed E-state index contributed by atoms with van der Waals surface area (Å²) in [4.78, 5) is 17.6. The van der Waals surface area contributed by atoms with Crippen LogP contribution in [0, 0.1) is 86.9 Å². The summed E-state index contributed by atoms with van der Waals surface area (Å²) in [5.41, 5.74) is 25.7. The third-order valence-electron chi connectivity index (χ3n) is 29.5. The van der Waals surface area contributed by atoms with Gasteiger partial charge in [0, 0.05) is 115 Å². The van der Waals surface area contributed by atoms with E-state index in [1.54, 1.807) is 32.1 Å². The number of anilines is 6. The number of aryl methyl sites for hydroxylation is 6. The third kappa shape index (κ3) is 16.1. The maximum Gasteiger partial charge on any atom is 0.227 e. The molecule has 10 aliphatic rings. The Balaban J connectivity index is 0.000000136. The minimum Gasteiger partial charge on any atom is -0.454 e. The number of aromatic nitrogens is 1. The third-order valence-corrected chi connectivity index (χ3v) is 29.5. The monoisotopic (exact) mass is 1600 g/mol. The van der Waals surface area contributed by atoms with Crippen molar-refractivity contribution in [1.29, 1.82) is 0 Å². The number of rotatable bonds is 5. The van der Waals surface area contributed by atoms with Crippen LogP contribution in [0.5, 0.6) is 0 Å². The summed E-state index contributed by atoms with van der Waals surface area (Å²) in [7, 11) is 0. The Kier molecular flexibility index (Phi) is 24.5. The van der Waals surface area contributed by atoms with Crippen LogP contribution >= 0.6 is 0 Å². The van der Waals surface area contributed by atoms with Crippen molar-refractivity contribution in [3.8, 4) is 0 Å². The first kappa shape index (κ1) is 89.6. The molecule has 4 saturated heterocycles. The summed E-state index contributed by atoms with van der Waals surface area (Å²) in [5.74, 6) is 4.21. The Morgan fingerprint density at radius 3 is 1.21 bits per heavy atom. The molecule has 0 atom stereocenters. The second-order valence-electron chi connectivity index (χ2n) is 42.2. The summed E-state index contributed by atoms with van der Waals surface area (Å²) in [6.45, 7) is 52.1. The van der Waals surface area contributed by atoms with E-state index >= 15 is 0 Å². The molecule has 0 unspecified atom stereocenters. The summed E-state index contributed by atoms with van der Waals surface area (Å²) in [5, 5.41) is 7.18. The number of hydrogen-bond acceptors (Lipinski definition) is 9. The number of pyridine rings is 1. The van der Waals surface area contributed by atoms with Crippen LogP contribution in [0.15, 0.2) is 183 Å². The number of furan rings is 3. The molecule has 119 heavy (non-hydrogen) atoms. The molecule has 12 aromatic rings. The summed E-state index contributed by atoms with van der Waals surface area (Å²) < 4.78 is 19.0. The van der Waals surface area contributed by atoms with E-state index in [4.69, 9.17) is 13.3 Å². The van der Waals surface area contributed by atoms with Crippen LogP contribution < -0.4 is 24.5 Å². The van der Waals surface area contributed by atoms with Crippen molar-refractivity contribution in [3.63, 3.8) is 0 Å². The maximum atomic E-state index is 6.40. The lowest BCUT2D eigenvalue weighted by Gasteiger charge is -2.60. The lowest BCUT2D eigenvalue weighted by Crippen LogP contribution is -2.54. The highest BCUT2D eigenvalue weighted by Crippen LogP contribution is 2.68. The van der Waals surface area contributed by atoms with Gasteiger partial charge in [-0.2, -0.15) is 0 Å². The van der Waals surface area contributed by atoms with Crippen LogP contribution in [0.4, 0.5) is 34.1 Å². The maximum absolute atomic E-state index is 6.40. The second-order valence-corrected chi connectivity index (χ2v) is 42.2. The highest BCUT2D eigenvalue weighted by atomic mass is 16.3. The minimum atomic E-state index is 0. The Bertz CT molecular complexity index is 5600. The van der Waals surface area contributed by atoms with Gasteiger partial charge >= 0.3 is 0 Å². The zero-order valence-corrected chi connectivity index (χ0v) is 72.8. The molecule has 638 valence electrons. The molecule has 4 bridgehead atoms. The first-order valence-electron chi connectivity index (χ1n) is 43.7. The first-order valence-corrected chi connectivity index (χ1v) is 43.7. The molecule has 9 fully saturated rings. The van der Waals surface area contributed by atoms with Gasteiger partial charge in [0.1, 0.15) is 11.2 Å². The summed E-state index contributed by atoms with van der Waals surface area (Å²) in [6.07, 6.45) is 19.8. The average molecular weight is 1600 g/mol. The van der Waals surface area contributed by atoms with E-state index in [9.17, 15) is 0 Å². The van der Waals surface area contributed by atoms with Gasteiger partial charge in [0.25, 0.3) is 0 Å². The summed E-state index contributed by atoms with van der Waals surface area (Å²) in [6, 6.07) is 60.7. The topological polar surface area (TPSA) is 68.5 Å². The molecule has 22 rings (SSSR count). The number of benzene rings is 8. The predicted octanol–water partition coefficient (Wildman–Crippen LogP) is 31.4. The fourth-order valence-corrected chi connectivity index (χ4v) is 25.3. The number of fused-ring (bicyclic) bond motifs is 10. The van der Waals surface area contributed by atoms with E-state index in [1.807, 2.05) is 13.0 Å². The van der Waals surface area contributed by atoms with Crippen molar-refractivity contribution in [2.75, 3.05) is 57.2 Å². The van der Waals surface area contributed by atoms with E-state index in [1.165, 1.54) is 165 Å². The van der Waals surface area contributed by atoms with E-state index in [-0.39, 0.29) is 59.2 Å². The molecule has 0 radical (unpaired) electrons. The lowest BCUT2D eigenvalue weighted by atomic mass is 9.44. The van der Waals surface area contributed by atoms with Gasteiger partial charge in [-0.05, 0) is 289 Å². The van der Waals surface area contributed by atoms with Gasteiger partial charge in [-0.15, -0.1) is 0 Å². The van der Waals surface area contributed by atoms with Crippen molar-refractivity contribution in [1.82, 2.24) is 4.98 Å². The van der Waals surface area contributed by atoms with Crippen LogP contribution in [0.25, 0.3) is 65.9 Å². The minimum absolute atomic E-state index is 0. The quantitative estimate of drug-likeness (QED) is 0.168. The smallest absolute Gasteiger partial charge is 0.227 e. The van der Waals surface area contributed by atoms with Crippen LogP contribution in [0.2, 0.25) is 0 Å². The van der Waals surface area contributed by atoms with E-state index in [0.29, 0.717) is 27.2 Å². The fraction of sp³-hybridized carbons (Fsp3) is 0.518. The van der Waals surface area contributed by atoms with Gasteiger partial charge in [-0.3, -0.25) is 0 Å². The molecule has 5 aliphatic heterocycles. The van der Waals surface area contributed by atoms with E-state index in [2.05, 4.69) is 325 Å². The lowest BCUT2D eigenvalue weighted by molar-refractivity contribution is -0.0993. The zero-order chi connectivity index (χ0) is 80.2. The molecular formula is C110H150N6O3. The Labute approximate surface area is 718 Å². The Morgan fingerprint density at radius 2 is 0.731 bits per heavy atom. The Morgan fingerprint density at radius 1 is 0.328 bits per heavy atom. The van der Waals surface area contributed by atoms with Crippen LogP contribution in [-0.2, 0) is 5.41 Å². The first-order chi connectivity index (χ1) is 54.0. The van der Waals surface area contributed by atoms with Crippen molar-refractivity contribution < 1.29 is 13.3 Å². The van der Waals surface area contributed by atoms with Crippen LogP contribution in [-0.4, -0.2) is 59.9 Å². The average Bonchev–Trinajstić information content (AvgIpc) is 1.59. The SMILES string of the molecule is C.C.C.C.C.Cc1ccc2c(n1)oc1c(N3CC(C)(C)CC3(C)C)c(C)ccc12.Cc1ccc2c(oc3ccccc32)c1N1CC(C)(C)CC1(C)C.Cc1ccc2c(oc3ccccc32)c1N1CC2(CCCCC2)CC1(C)C.Cc1ccccc1N1CC(C)(C)c2ccccc21.Cc1ccccc1N1CC2(CC1(C)C)C1CC3CC(C1)CC2C3. The molecular weight excluding hydrogens is 1450 g/mol. The standard InChI is InChI=1S/C24H29NO.C22H31N.C21H26N2O.C21H25NO.C17H19N.5CH4/c1-17-11-12-19-18-9-5-6-10-20(18)26-22(19)21(17)25-16-24(15-23(25,2)3)13-7-4-8-14-24;1-15-6-4-5-7-20(15)23-14-22(13-21(23,2)3)18-9-16-8-17(11-18)12-19(22)10-16;1-13-7-9-15-16-10-8-14(2)22-19(16)24-18(15)17(13)23-12-20(3,4)11-21(23,5)6;1-14-10-11-16-15-8-6-7-9-17(15)23-19(16)18(14)22-13-20(2,3)12-21(22,4)5;1-13-8-4-6-10-15(13)18-12-17(2,3)14-9-5-7-11-16(14)18;;;;;/h5-6,9-12H,4,7-8,13-16H2,1-3H3;4-7,16-19H,8-14H2,1-3H3;7-10H,11-12H2,1-6H3;6-11H,12-13H2,1-5H3;4-11H,12H2,1-3H3;5*1H4. The molecule has 5 aliphatic carbocycles. The van der Waals surface area contributed by atoms with Gasteiger partial charge in [-0.25, -0.2) is 4.98 Å². The van der Waals surface area contributed by atoms with Crippen molar-refractivity contribution in [2.45, 2.75) is 293 Å². The summed E-state index contributed by atoms with van der Waals surface area (Å²) >= 11 is 0. The molecule has 5 saturated carbocycles. The second kappa shape index (κ2) is 32.6. The molecule has 0 amide bonds. The molecule has 9 heterocycles. The van der Waals surface area contributed by atoms with Crippen molar-refractivity contribution in [3.05, 3.63) is 209 Å².